The van der Waals surface area contributed by atoms with Crippen molar-refractivity contribution in [1.82, 2.24) is 10.2 Å². The highest BCUT2D eigenvalue weighted by Crippen LogP contribution is 2.03. The zero-order valence-electron chi connectivity index (χ0n) is 10.9. The Hall–Kier alpha value is -0.120. The average Bonchev–Trinajstić information content (AvgIpc) is 2.23. The largest absolute Gasteiger partial charge is 0.383 e. The Balaban J connectivity index is 3.26. The second-order valence-electron chi connectivity index (χ2n) is 4.30. The smallest absolute Gasteiger partial charge is 0.0615 e. The molecule has 0 aromatic carbocycles. The highest BCUT2D eigenvalue weighted by atomic mass is 16.5. The van der Waals surface area contributed by atoms with Crippen LogP contribution in [0.2, 0.25) is 0 Å². The predicted octanol–water partition coefficient (Wildman–Crippen LogP) is 1.73. The zero-order chi connectivity index (χ0) is 11.5. The molecule has 1 atom stereocenters. The van der Waals surface area contributed by atoms with E-state index >= 15 is 0 Å². The van der Waals surface area contributed by atoms with Crippen molar-refractivity contribution in [1.29, 1.82) is 0 Å². The van der Waals surface area contributed by atoms with Crippen LogP contribution in [0.4, 0.5) is 0 Å². The van der Waals surface area contributed by atoms with Gasteiger partial charge in [-0.1, -0.05) is 12.8 Å². The van der Waals surface area contributed by atoms with Crippen molar-refractivity contribution in [2.45, 2.75) is 38.6 Å². The number of likely N-dealkylation sites (N-methyl/N-ethyl adjacent to an activating group) is 1. The van der Waals surface area contributed by atoms with Gasteiger partial charge in [0.2, 0.25) is 0 Å². The second-order valence-corrected chi connectivity index (χ2v) is 4.30. The van der Waals surface area contributed by atoms with Crippen LogP contribution in [0.25, 0.3) is 0 Å². The summed E-state index contributed by atoms with van der Waals surface area (Å²) in [6, 6.07) is 0.535. The fourth-order valence-electron chi connectivity index (χ4n) is 1.61. The number of methoxy groups -OCH3 is 1. The Labute approximate surface area is 95.2 Å². The lowest BCUT2D eigenvalue weighted by molar-refractivity contribution is 0.114. The molecule has 0 aliphatic carbocycles. The first-order valence-corrected chi connectivity index (χ1v) is 6.06. The lowest BCUT2D eigenvalue weighted by atomic mass is 10.2. The summed E-state index contributed by atoms with van der Waals surface area (Å²) in [7, 11) is 5.96. The summed E-state index contributed by atoms with van der Waals surface area (Å²) in [5, 5.41) is 3.18. The number of hydrogen-bond donors (Lipinski definition) is 1. The van der Waals surface area contributed by atoms with Crippen molar-refractivity contribution in [2.75, 3.05) is 40.9 Å². The third-order valence-corrected chi connectivity index (χ3v) is 2.85. The highest BCUT2D eigenvalue weighted by Gasteiger charge is 2.07. The monoisotopic (exact) mass is 216 g/mol. The van der Waals surface area contributed by atoms with E-state index in [1.54, 1.807) is 7.11 Å². The summed E-state index contributed by atoms with van der Waals surface area (Å²) in [6.45, 7) is 5.38. The van der Waals surface area contributed by atoms with E-state index in [1.807, 2.05) is 7.05 Å². The van der Waals surface area contributed by atoms with Crippen molar-refractivity contribution in [2.24, 2.45) is 0 Å². The van der Waals surface area contributed by atoms with Crippen LogP contribution >= 0.6 is 0 Å². The Morgan fingerprint density at radius 2 is 1.87 bits per heavy atom. The van der Waals surface area contributed by atoms with Crippen molar-refractivity contribution < 1.29 is 4.74 Å². The molecule has 0 spiro atoms. The molecule has 3 nitrogen and oxygen atoms in total. The topological polar surface area (TPSA) is 24.5 Å². The third kappa shape index (κ3) is 8.85. The van der Waals surface area contributed by atoms with Crippen LogP contribution in [0.5, 0.6) is 0 Å². The molecule has 0 aromatic heterocycles. The number of unbranched alkanes of at least 4 members (excludes halogenated alkanes) is 3. The van der Waals surface area contributed by atoms with E-state index in [0.717, 1.165) is 13.2 Å². The molecule has 0 amide bonds. The van der Waals surface area contributed by atoms with Crippen LogP contribution < -0.4 is 5.32 Å². The van der Waals surface area contributed by atoms with Crippen LogP contribution in [0.3, 0.4) is 0 Å². The molecule has 0 bridgehead atoms. The summed E-state index contributed by atoms with van der Waals surface area (Å²) in [4.78, 5) is 2.38. The molecule has 0 aromatic rings. The molecule has 92 valence electrons. The van der Waals surface area contributed by atoms with E-state index in [4.69, 9.17) is 4.74 Å². The van der Waals surface area contributed by atoms with Gasteiger partial charge in [-0.05, 0) is 47.0 Å². The van der Waals surface area contributed by atoms with E-state index in [9.17, 15) is 0 Å². The molecular formula is C12H28N2O. The molecule has 3 heteroatoms. The Morgan fingerprint density at radius 1 is 1.20 bits per heavy atom. The minimum Gasteiger partial charge on any atom is -0.383 e. The fourth-order valence-corrected chi connectivity index (χ4v) is 1.61. The standard InChI is InChI=1S/C12H28N2O/c1-12(11-15-4)14(3)10-8-6-5-7-9-13-2/h12-13H,5-11H2,1-4H3. The van der Waals surface area contributed by atoms with Crippen molar-refractivity contribution in [3.63, 3.8) is 0 Å². The Kier molecular flexibility index (Phi) is 10.3. The van der Waals surface area contributed by atoms with Gasteiger partial charge in [-0.3, -0.25) is 0 Å². The number of nitrogens with zero attached hydrogens (tertiary/aromatic N) is 1. The molecule has 0 saturated carbocycles. The van der Waals surface area contributed by atoms with Crippen molar-refractivity contribution in [3.05, 3.63) is 0 Å². The third-order valence-electron chi connectivity index (χ3n) is 2.85. The molecule has 15 heavy (non-hydrogen) atoms. The molecule has 0 aliphatic rings. The van der Waals surface area contributed by atoms with Crippen LogP contribution in [0.15, 0.2) is 0 Å². The molecule has 0 saturated heterocycles. The van der Waals surface area contributed by atoms with E-state index in [-0.39, 0.29) is 0 Å². The van der Waals surface area contributed by atoms with Gasteiger partial charge < -0.3 is 15.0 Å². The van der Waals surface area contributed by atoms with Gasteiger partial charge in [0, 0.05) is 13.2 Å². The first kappa shape index (κ1) is 14.9. The van der Waals surface area contributed by atoms with E-state index < -0.39 is 0 Å². The zero-order valence-corrected chi connectivity index (χ0v) is 10.9. The quantitative estimate of drug-likeness (QED) is 0.563. The summed E-state index contributed by atoms with van der Waals surface area (Å²) < 4.78 is 5.13. The molecule has 1 unspecified atom stereocenters. The summed E-state index contributed by atoms with van der Waals surface area (Å²) in [6.07, 6.45) is 5.28. The van der Waals surface area contributed by atoms with Gasteiger partial charge in [0.15, 0.2) is 0 Å². The number of ether oxygens (including phenoxy) is 1. The number of rotatable bonds is 10. The van der Waals surface area contributed by atoms with Gasteiger partial charge in [0.25, 0.3) is 0 Å². The van der Waals surface area contributed by atoms with Crippen molar-refractivity contribution in [3.8, 4) is 0 Å². The van der Waals surface area contributed by atoms with Gasteiger partial charge in [0.05, 0.1) is 6.61 Å². The second kappa shape index (κ2) is 10.4. The fraction of sp³-hybridized carbons (Fsp3) is 1.00. The lowest BCUT2D eigenvalue weighted by Crippen LogP contribution is -2.33. The maximum atomic E-state index is 5.13. The first-order chi connectivity index (χ1) is 7.22. The lowest BCUT2D eigenvalue weighted by Gasteiger charge is -2.23. The maximum Gasteiger partial charge on any atom is 0.0615 e. The minimum atomic E-state index is 0.535. The van der Waals surface area contributed by atoms with Gasteiger partial charge in [-0.2, -0.15) is 0 Å². The van der Waals surface area contributed by atoms with Crippen LogP contribution in [0.1, 0.15) is 32.6 Å². The van der Waals surface area contributed by atoms with Gasteiger partial charge in [0.1, 0.15) is 0 Å². The van der Waals surface area contributed by atoms with Crippen LogP contribution in [-0.4, -0.2) is 51.8 Å². The van der Waals surface area contributed by atoms with Gasteiger partial charge >= 0.3 is 0 Å². The van der Waals surface area contributed by atoms with E-state index in [0.29, 0.717) is 6.04 Å². The van der Waals surface area contributed by atoms with Gasteiger partial charge in [-0.25, -0.2) is 0 Å². The molecule has 1 N–H and O–H groups in total. The summed E-state index contributed by atoms with van der Waals surface area (Å²) >= 11 is 0. The number of hydrogen-bond acceptors (Lipinski definition) is 3. The summed E-state index contributed by atoms with van der Waals surface area (Å²) in [5.41, 5.74) is 0. The Morgan fingerprint density at radius 3 is 2.47 bits per heavy atom. The van der Waals surface area contributed by atoms with E-state index in [2.05, 4.69) is 24.2 Å². The van der Waals surface area contributed by atoms with Crippen molar-refractivity contribution >= 4 is 0 Å². The predicted molar refractivity (Wildman–Crippen MR) is 66.4 cm³/mol. The first-order valence-electron chi connectivity index (χ1n) is 6.06. The number of nitrogens with one attached hydrogen (secondary N) is 1. The van der Waals surface area contributed by atoms with Crippen LogP contribution in [0, 0.1) is 0 Å². The minimum absolute atomic E-state index is 0.535. The van der Waals surface area contributed by atoms with Crippen LogP contribution in [-0.2, 0) is 4.74 Å². The molecule has 0 radical (unpaired) electrons. The molecule has 0 fully saturated rings. The molecular weight excluding hydrogens is 188 g/mol. The maximum absolute atomic E-state index is 5.13. The average molecular weight is 216 g/mol. The molecule has 0 aliphatic heterocycles. The Bertz CT molecular complexity index is 131. The van der Waals surface area contributed by atoms with E-state index in [1.165, 1.54) is 32.2 Å². The normalized spacial score (nSPS) is 13.4. The SMILES string of the molecule is CNCCCCCCN(C)C(C)COC. The molecule has 0 rings (SSSR count). The highest BCUT2D eigenvalue weighted by molar-refractivity contribution is 4.62. The van der Waals surface area contributed by atoms with Gasteiger partial charge in [-0.15, -0.1) is 0 Å². The molecule has 0 heterocycles. The summed E-state index contributed by atoms with van der Waals surface area (Å²) in [5.74, 6) is 0.